The van der Waals surface area contributed by atoms with E-state index in [4.69, 9.17) is 10.9 Å². The minimum absolute atomic E-state index is 0.156. The summed E-state index contributed by atoms with van der Waals surface area (Å²) in [4.78, 5) is 23.1. The molecule has 1 fully saturated rings. The first-order valence-electron chi connectivity index (χ1n) is 4.64. The standard InChI is InChI=1S/C8H15N3O3/c9-10-7(12)5-6-3-1-2-4-11(6)8(13)14/h6H,1-5,9H2,(H,10,12)(H,13,14)/t6-/m0/s1. The van der Waals surface area contributed by atoms with Gasteiger partial charge in [0.2, 0.25) is 5.91 Å². The Morgan fingerprint density at radius 2 is 2.21 bits per heavy atom. The molecule has 14 heavy (non-hydrogen) atoms. The van der Waals surface area contributed by atoms with E-state index in [1.807, 2.05) is 5.43 Å². The Morgan fingerprint density at radius 3 is 2.79 bits per heavy atom. The van der Waals surface area contributed by atoms with Crippen LogP contribution in [0.1, 0.15) is 25.7 Å². The molecule has 0 aromatic rings. The number of piperidine rings is 1. The maximum Gasteiger partial charge on any atom is 0.407 e. The van der Waals surface area contributed by atoms with Crippen molar-refractivity contribution in [2.75, 3.05) is 6.54 Å². The van der Waals surface area contributed by atoms with Crippen molar-refractivity contribution in [2.45, 2.75) is 31.7 Å². The van der Waals surface area contributed by atoms with Crippen LogP contribution in [0, 0.1) is 0 Å². The normalized spacial score (nSPS) is 21.8. The molecule has 0 aromatic carbocycles. The number of hydrogen-bond donors (Lipinski definition) is 3. The second-order valence-electron chi connectivity index (χ2n) is 3.40. The topological polar surface area (TPSA) is 95.7 Å². The molecular weight excluding hydrogens is 186 g/mol. The second kappa shape index (κ2) is 4.80. The van der Waals surface area contributed by atoms with Gasteiger partial charge in [-0.15, -0.1) is 0 Å². The average molecular weight is 201 g/mol. The summed E-state index contributed by atoms with van der Waals surface area (Å²) in [6.45, 7) is 0.512. The third kappa shape index (κ3) is 2.59. The highest BCUT2D eigenvalue weighted by molar-refractivity contribution is 5.76. The molecule has 1 aliphatic rings. The number of hydrogen-bond acceptors (Lipinski definition) is 3. The molecule has 0 unspecified atom stereocenters. The van der Waals surface area contributed by atoms with Crippen molar-refractivity contribution in [1.82, 2.24) is 10.3 Å². The van der Waals surface area contributed by atoms with Crippen molar-refractivity contribution < 1.29 is 14.7 Å². The van der Waals surface area contributed by atoms with Crippen LogP contribution < -0.4 is 11.3 Å². The van der Waals surface area contributed by atoms with Gasteiger partial charge >= 0.3 is 6.09 Å². The largest absolute Gasteiger partial charge is 0.465 e. The maximum absolute atomic E-state index is 11.0. The van der Waals surface area contributed by atoms with Crippen molar-refractivity contribution in [3.63, 3.8) is 0 Å². The smallest absolute Gasteiger partial charge is 0.407 e. The Morgan fingerprint density at radius 1 is 1.50 bits per heavy atom. The first-order valence-corrected chi connectivity index (χ1v) is 4.64. The van der Waals surface area contributed by atoms with Crippen molar-refractivity contribution in [2.24, 2.45) is 5.84 Å². The van der Waals surface area contributed by atoms with E-state index in [-0.39, 0.29) is 18.4 Å². The van der Waals surface area contributed by atoms with E-state index in [0.717, 1.165) is 19.3 Å². The first-order chi connectivity index (χ1) is 6.65. The Balaban J connectivity index is 2.54. The van der Waals surface area contributed by atoms with Crippen LogP contribution >= 0.6 is 0 Å². The fourth-order valence-electron chi connectivity index (χ4n) is 1.74. The lowest BCUT2D eigenvalue weighted by molar-refractivity contribution is -0.122. The molecule has 4 N–H and O–H groups in total. The number of nitrogens with one attached hydrogen (secondary N) is 1. The van der Waals surface area contributed by atoms with E-state index in [1.54, 1.807) is 0 Å². The number of carboxylic acid groups (broad SMARTS) is 1. The third-order valence-corrected chi connectivity index (χ3v) is 2.45. The predicted molar refractivity (Wildman–Crippen MR) is 49.3 cm³/mol. The lowest BCUT2D eigenvalue weighted by Gasteiger charge is -2.32. The summed E-state index contributed by atoms with van der Waals surface area (Å²) < 4.78 is 0. The number of rotatable bonds is 2. The van der Waals surface area contributed by atoms with Gasteiger partial charge in [-0.25, -0.2) is 10.6 Å². The molecule has 0 aliphatic carbocycles. The number of hydrazine groups is 1. The first kappa shape index (κ1) is 10.8. The molecule has 80 valence electrons. The van der Waals surface area contributed by atoms with Crippen LogP contribution in [0.5, 0.6) is 0 Å². The van der Waals surface area contributed by atoms with E-state index < -0.39 is 6.09 Å². The van der Waals surface area contributed by atoms with Crippen LogP contribution in [-0.2, 0) is 4.79 Å². The van der Waals surface area contributed by atoms with E-state index in [0.29, 0.717) is 6.54 Å². The molecule has 0 spiro atoms. The lowest BCUT2D eigenvalue weighted by Crippen LogP contribution is -2.46. The Bertz CT molecular complexity index is 232. The van der Waals surface area contributed by atoms with E-state index in [1.165, 1.54) is 4.90 Å². The molecule has 0 aromatic heterocycles. The highest BCUT2D eigenvalue weighted by Gasteiger charge is 2.27. The quantitative estimate of drug-likeness (QED) is 0.330. The summed E-state index contributed by atoms with van der Waals surface area (Å²) in [6, 6.07) is -0.218. The molecule has 1 rings (SSSR count). The molecular formula is C8H15N3O3. The summed E-state index contributed by atoms with van der Waals surface area (Å²) in [7, 11) is 0. The summed E-state index contributed by atoms with van der Waals surface area (Å²) in [5.74, 6) is 4.63. The van der Waals surface area contributed by atoms with Crippen LogP contribution in [0.3, 0.4) is 0 Å². The molecule has 0 bridgehead atoms. The zero-order valence-corrected chi connectivity index (χ0v) is 7.90. The van der Waals surface area contributed by atoms with Gasteiger partial charge in [-0.3, -0.25) is 10.2 Å². The number of carbonyl (C=O) groups excluding carboxylic acids is 1. The Hall–Kier alpha value is -1.30. The molecule has 1 atom stereocenters. The van der Waals surface area contributed by atoms with Crippen molar-refractivity contribution in [3.8, 4) is 0 Å². The molecule has 0 saturated carbocycles. The summed E-state index contributed by atoms with van der Waals surface area (Å²) in [6.07, 6.45) is 1.77. The maximum atomic E-state index is 11.0. The van der Waals surface area contributed by atoms with Gasteiger partial charge in [0.05, 0.1) is 0 Å². The van der Waals surface area contributed by atoms with Gasteiger partial charge in [0, 0.05) is 19.0 Å². The molecule has 6 nitrogen and oxygen atoms in total. The zero-order chi connectivity index (χ0) is 10.6. The summed E-state index contributed by atoms with van der Waals surface area (Å²) >= 11 is 0. The number of amides is 2. The SMILES string of the molecule is NNC(=O)C[C@@H]1CCCCN1C(=O)O. The van der Waals surface area contributed by atoms with Crippen LogP contribution in [0.2, 0.25) is 0 Å². The fourth-order valence-corrected chi connectivity index (χ4v) is 1.74. The molecule has 2 amide bonds. The van der Waals surface area contributed by atoms with Crippen molar-refractivity contribution in [3.05, 3.63) is 0 Å². The van der Waals surface area contributed by atoms with Crippen LogP contribution in [-0.4, -0.2) is 34.6 Å². The lowest BCUT2D eigenvalue weighted by atomic mass is 10.00. The highest BCUT2D eigenvalue weighted by Crippen LogP contribution is 2.19. The number of likely N-dealkylation sites (tertiary alicyclic amines) is 1. The summed E-state index contributed by atoms with van der Waals surface area (Å²) in [5, 5.41) is 8.86. The van der Waals surface area contributed by atoms with Crippen LogP contribution in [0.25, 0.3) is 0 Å². The highest BCUT2D eigenvalue weighted by atomic mass is 16.4. The monoisotopic (exact) mass is 201 g/mol. The molecule has 1 heterocycles. The minimum Gasteiger partial charge on any atom is -0.465 e. The molecule has 1 saturated heterocycles. The van der Waals surface area contributed by atoms with Crippen molar-refractivity contribution in [1.29, 1.82) is 0 Å². The van der Waals surface area contributed by atoms with E-state index in [9.17, 15) is 9.59 Å². The van der Waals surface area contributed by atoms with Crippen molar-refractivity contribution >= 4 is 12.0 Å². The molecule has 6 heteroatoms. The Labute approximate surface area is 82.0 Å². The third-order valence-electron chi connectivity index (χ3n) is 2.45. The van der Waals surface area contributed by atoms with E-state index >= 15 is 0 Å². The molecule has 1 aliphatic heterocycles. The average Bonchev–Trinajstić information content (AvgIpc) is 2.18. The fraction of sp³-hybridized carbons (Fsp3) is 0.750. The van der Waals surface area contributed by atoms with Gasteiger partial charge in [-0.2, -0.15) is 0 Å². The van der Waals surface area contributed by atoms with Gasteiger partial charge in [0.15, 0.2) is 0 Å². The van der Waals surface area contributed by atoms with Gasteiger partial charge in [-0.1, -0.05) is 0 Å². The summed E-state index contributed by atoms with van der Waals surface area (Å²) in [5.41, 5.74) is 2.01. The zero-order valence-electron chi connectivity index (χ0n) is 7.90. The predicted octanol–water partition coefficient (Wildman–Crippen LogP) is -0.101. The second-order valence-corrected chi connectivity index (χ2v) is 3.40. The van der Waals surface area contributed by atoms with E-state index in [2.05, 4.69) is 0 Å². The number of carbonyl (C=O) groups is 2. The van der Waals surface area contributed by atoms with Crippen LogP contribution in [0.4, 0.5) is 4.79 Å². The number of nitrogens with zero attached hydrogens (tertiary/aromatic N) is 1. The van der Waals surface area contributed by atoms with Crippen LogP contribution in [0.15, 0.2) is 0 Å². The van der Waals surface area contributed by atoms with Gasteiger partial charge in [0.1, 0.15) is 0 Å². The van der Waals surface area contributed by atoms with Gasteiger partial charge in [-0.05, 0) is 19.3 Å². The molecule has 0 radical (unpaired) electrons. The minimum atomic E-state index is -0.959. The van der Waals surface area contributed by atoms with Gasteiger partial charge < -0.3 is 10.0 Å². The number of nitrogens with two attached hydrogens (primary N) is 1. The van der Waals surface area contributed by atoms with Gasteiger partial charge in [0.25, 0.3) is 0 Å². The Kier molecular flexibility index (Phi) is 3.70.